The van der Waals surface area contributed by atoms with Gasteiger partial charge < -0.3 is 0 Å². The summed E-state index contributed by atoms with van der Waals surface area (Å²) in [6, 6.07) is 12.3. The van der Waals surface area contributed by atoms with Gasteiger partial charge in [-0.25, -0.2) is 0 Å². The minimum atomic E-state index is 0.314. The predicted octanol–water partition coefficient (Wildman–Crippen LogP) is 4.28. The smallest absolute Gasteiger partial charge is 0.158 e. The van der Waals surface area contributed by atoms with E-state index in [1.807, 2.05) is 18.2 Å². The number of Topliss-reactive ketones (excluding diaryl/α,β-unsaturated/α-hetero) is 1. The lowest BCUT2D eigenvalue weighted by Crippen LogP contribution is -2.07. The first kappa shape index (κ1) is 12.8. The highest BCUT2D eigenvalue weighted by Crippen LogP contribution is 2.24. The summed E-state index contributed by atoms with van der Waals surface area (Å²) in [6.07, 6.45) is 9.44. The summed E-state index contributed by atoms with van der Waals surface area (Å²) >= 11 is 0. The van der Waals surface area contributed by atoms with Crippen molar-refractivity contribution < 1.29 is 4.79 Å². The number of nitrogens with zero attached hydrogens (tertiary/aromatic N) is 1. The fraction of sp³-hybridized carbons (Fsp3) is 0.222. The third kappa shape index (κ3) is 2.85. The molecule has 0 aliphatic heterocycles. The molecule has 2 nitrogen and oxygen atoms in total. The van der Waals surface area contributed by atoms with Crippen LogP contribution in [0.5, 0.6) is 0 Å². The normalized spacial score (nSPS) is 17.4. The van der Waals surface area contributed by atoms with Crippen LogP contribution in [0.4, 0.5) is 0 Å². The van der Waals surface area contributed by atoms with E-state index in [-0.39, 0.29) is 0 Å². The van der Waals surface area contributed by atoms with Crippen LogP contribution in [-0.4, -0.2) is 10.8 Å². The summed E-state index contributed by atoms with van der Waals surface area (Å²) in [5, 5.41) is 0. The number of rotatable bonds is 2. The highest BCUT2D eigenvalue weighted by atomic mass is 16.1. The number of carbonyl (C=O) groups excluding carboxylic acids is 1. The largest absolute Gasteiger partial charge is 0.295 e. The van der Waals surface area contributed by atoms with Gasteiger partial charge in [0, 0.05) is 18.8 Å². The lowest BCUT2D eigenvalue weighted by atomic mass is 9.92. The maximum Gasteiger partial charge on any atom is 0.158 e. The molecule has 1 aromatic carbocycles. The van der Waals surface area contributed by atoms with Crippen LogP contribution in [-0.2, 0) is 4.79 Å². The average Bonchev–Trinajstić information content (AvgIpc) is 2.51. The van der Waals surface area contributed by atoms with Crippen LogP contribution in [0, 0.1) is 0 Å². The molecule has 2 heteroatoms. The number of ketones is 1. The molecule has 3 rings (SSSR count). The van der Waals surface area contributed by atoms with E-state index in [0.717, 1.165) is 36.0 Å². The quantitative estimate of drug-likeness (QED) is 0.757. The van der Waals surface area contributed by atoms with Gasteiger partial charge in [0.2, 0.25) is 0 Å². The first-order chi connectivity index (χ1) is 9.83. The number of allylic oxidation sites excluding steroid dienone is 1. The van der Waals surface area contributed by atoms with Gasteiger partial charge in [0.15, 0.2) is 5.78 Å². The molecule has 0 amide bonds. The summed E-state index contributed by atoms with van der Waals surface area (Å²) < 4.78 is 0. The zero-order chi connectivity index (χ0) is 13.8. The number of pyridine rings is 1. The summed E-state index contributed by atoms with van der Waals surface area (Å²) in [5.41, 5.74) is 4.42. The number of aromatic nitrogens is 1. The van der Waals surface area contributed by atoms with Crippen LogP contribution in [0.15, 0.2) is 54.4 Å². The molecule has 1 fully saturated rings. The minimum absolute atomic E-state index is 0.314. The molecule has 0 spiro atoms. The summed E-state index contributed by atoms with van der Waals surface area (Å²) in [5.74, 6) is 0.314. The van der Waals surface area contributed by atoms with Gasteiger partial charge in [-0.1, -0.05) is 24.3 Å². The van der Waals surface area contributed by atoms with Gasteiger partial charge in [-0.2, -0.15) is 0 Å². The van der Waals surface area contributed by atoms with E-state index >= 15 is 0 Å². The number of hydrogen-bond acceptors (Lipinski definition) is 2. The molecule has 0 radical (unpaired) electrons. The molecule has 1 aliphatic carbocycles. The van der Waals surface area contributed by atoms with Crippen molar-refractivity contribution in [1.82, 2.24) is 4.98 Å². The third-order valence-corrected chi connectivity index (χ3v) is 3.72. The second-order valence-corrected chi connectivity index (χ2v) is 5.16. The van der Waals surface area contributed by atoms with Crippen molar-refractivity contribution in [3.05, 3.63) is 59.9 Å². The fourth-order valence-electron chi connectivity index (χ4n) is 2.57. The van der Waals surface area contributed by atoms with Crippen LogP contribution < -0.4 is 0 Å². The van der Waals surface area contributed by atoms with Crippen molar-refractivity contribution >= 4 is 11.9 Å². The number of hydrogen-bond donors (Lipinski definition) is 0. The lowest BCUT2D eigenvalue weighted by Gasteiger charge is -2.12. The molecular formula is C18H17NO. The molecule has 1 aliphatic rings. The van der Waals surface area contributed by atoms with Crippen molar-refractivity contribution in [3.8, 4) is 11.1 Å². The standard InChI is InChI=1S/C18H17NO/c20-18-4-2-1-3-17(18)13-14-5-7-15(8-6-14)16-9-11-19-12-10-16/h5-13H,1-4H2. The SMILES string of the molecule is O=C1CCCCC1=Cc1ccc(-c2ccncc2)cc1. The molecule has 1 heterocycles. The van der Waals surface area contributed by atoms with Crippen molar-refractivity contribution in [1.29, 1.82) is 0 Å². The second kappa shape index (κ2) is 5.83. The molecule has 20 heavy (non-hydrogen) atoms. The van der Waals surface area contributed by atoms with Gasteiger partial charge in [-0.05, 0) is 59.7 Å². The van der Waals surface area contributed by atoms with Crippen LogP contribution in [0.2, 0.25) is 0 Å². The molecule has 2 aromatic rings. The van der Waals surface area contributed by atoms with E-state index in [0.29, 0.717) is 12.2 Å². The molecule has 0 saturated heterocycles. The predicted molar refractivity (Wildman–Crippen MR) is 81.1 cm³/mol. The topological polar surface area (TPSA) is 30.0 Å². The van der Waals surface area contributed by atoms with Crippen LogP contribution in [0.3, 0.4) is 0 Å². The molecule has 100 valence electrons. The Balaban J connectivity index is 1.83. The van der Waals surface area contributed by atoms with Gasteiger partial charge in [-0.3, -0.25) is 9.78 Å². The summed E-state index contributed by atoms with van der Waals surface area (Å²) in [6.45, 7) is 0. The highest BCUT2D eigenvalue weighted by Gasteiger charge is 2.14. The van der Waals surface area contributed by atoms with E-state index in [9.17, 15) is 4.79 Å². The zero-order valence-corrected chi connectivity index (χ0v) is 11.4. The van der Waals surface area contributed by atoms with Crippen molar-refractivity contribution in [2.75, 3.05) is 0 Å². The van der Waals surface area contributed by atoms with E-state index in [1.54, 1.807) is 12.4 Å². The Morgan fingerprint density at radius 1 is 0.850 bits per heavy atom. The maximum absolute atomic E-state index is 11.8. The Bertz CT molecular complexity index is 626. The Kier molecular flexibility index (Phi) is 3.73. The lowest BCUT2D eigenvalue weighted by molar-refractivity contribution is -0.116. The monoisotopic (exact) mass is 263 g/mol. The van der Waals surface area contributed by atoms with Gasteiger partial charge in [0.05, 0.1) is 0 Å². The minimum Gasteiger partial charge on any atom is -0.295 e. The van der Waals surface area contributed by atoms with Gasteiger partial charge in [0.25, 0.3) is 0 Å². The van der Waals surface area contributed by atoms with Crippen molar-refractivity contribution in [2.45, 2.75) is 25.7 Å². The average molecular weight is 263 g/mol. The second-order valence-electron chi connectivity index (χ2n) is 5.16. The Morgan fingerprint density at radius 2 is 1.50 bits per heavy atom. The zero-order valence-electron chi connectivity index (χ0n) is 11.4. The van der Waals surface area contributed by atoms with Crippen molar-refractivity contribution in [3.63, 3.8) is 0 Å². The third-order valence-electron chi connectivity index (χ3n) is 3.72. The molecule has 0 atom stereocenters. The van der Waals surface area contributed by atoms with Crippen LogP contribution >= 0.6 is 0 Å². The Labute approximate surface area is 119 Å². The Hall–Kier alpha value is -2.22. The molecule has 1 aromatic heterocycles. The van der Waals surface area contributed by atoms with E-state index in [2.05, 4.69) is 29.2 Å². The van der Waals surface area contributed by atoms with Gasteiger partial charge in [0.1, 0.15) is 0 Å². The summed E-state index contributed by atoms with van der Waals surface area (Å²) in [7, 11) is 0. The number of benzene rings is 1. The Morgan fingerprint density at radius 3 is 2.20 bits per heavy atom. The molecule has 0 bridgehead atoms. The molecule has 1 saturated carbocycles. The fourth-order valence-corrected chi connectivity index (χ4v) is 2.57. The first-order valence-electron chi connectivity index (χ1n) is 7.07. The van der Waals surface area contributed by atoms with E-state index < -0.39 is 0 Å². The first-order valence-corrected chi connectivity index (χ1v) is 7.07. The van der Waals surface area contributed by atoms with Crippen LogP contribution in [0.1, 0.15) is 31.2 Å². The van der Waals surface area contributed by atoms with Crippen LogP contribution in [0.25, 0.3) is 17.2 Å². The molecule has 0 unspecified atom stereocenters. The van der Waals surface area contributed by atoms with Crippen molar-refractivity contribution in [2.24, 2.45) is 0 Å². The van der Waals surface area contributed by atoms with E-state index in [4.69, 9.17) is 0 Å². The highest BCUT2D eigenvalue weighted by molar-refractivity contribution is 6.00. The molecule has 0 N–H and O–H groups in total. The number of carbonyl (C=O) groups is 1. The van der Waals surface area contributed by atoms with E-state index in [1.165, 1.54) is 5.56 Å². The summed E-state index contributed by atoms with van der Waals surface area (Å²) in [4.78, 5) is 15.8. The van der Waals surface area contributed by atoms with Gasteiger partial charge in [-0.15, -0.1) is 0 Å². The van der Waals surface area contributed by atoms with Gasteiger partial charge >= 0.3 is 0 Å². The molecular weight excluding hydrogens is 246 g/mol. The maximum atomic E-state index is 11.8.